The molecule has 1 aliphatic carbocycles. The molecule has 1 rings (SSSR count). The minimum atomic E-state index is 0.0394. The Morgan fingerprint density at radius 3 is 2.93 bits per heavy atom. The summed E-state index contributed by atoms with van der Waals surface area (Å²) in [4.78, 5) is 11.6. The van der Waals surface area contributed by atoms with E-state index in [1.807, 2.05) is 0 Å². The lowest BCUT2D eigenvalue weighted by atomic mass is 10.0. The molecule has 0 bridgehead atoms. The second-order valence-corrected chi connectivity index (χ2v) is 3.84. The molecule has 2 atom stereocenters. The first kappa shape index (κ1) is 11.5. The predicted octanol–water partition coefficient (Wildman–Crippen LogP) is 0.267. The fourth-order valence-corrected chi connectivity index (χ4v) is 1.87. The van der Waals surface area contributed by atoms with Crippen molar-refractivity contribution in [2.45, 2.75) is 31.7 Å². The van der Waals surface area contributed by atoms with E-state index in [1.54, 1.807) is 7.11 Å². The Kier molecular flexibility index (Phi) is 4.90. The Balaban J connectivity index is 2.14. The first-order valence-corrected chi connectivity index (χ1v) is 5.28. The van der Waals surface area contributed by atoms with Crippen molar-refractivity contribution in [1.29, 1.82) is 0 Å². The van der Waals surface area contributed by atoms with Crippen LogP contribution in [0.4, 0.5) is 0 Å². The van der Waals surface area contributed by atoms with Gasteiger partial charge in [0.15, 0.2) is 0 Å². The summed E-state index contributed by atoms with van der Waals surface area (Å²) in [6.07, 6.45) is 3.87. The standard InChI is InChI=1S/C10H20N2O2/c1-14-7-3-6-12-10(13)8-4-2-5-9(8)11/h8-9H,2-7,11H2,1H3,(H,12,13). The minimum Gasteiger partial charge on any atom is -0.385 e. The fraction of sp³-hybridized carbons (Fsp3) is 0.900. The van der Waals surface area contributed by atoms with Gasteiger partial charge in [-0.15, -0.1) is 0 Å². The van der Waals surface area contributed by atoms with Crippen molar-refractivity contribution < 1.29 is 9.53 Å². The molecule has 4 nitrogen and oxygen atoms in total. The molecule has 0 aromatic carbocycles. The van der Waals surface area contributed by atoms with E-state index < -0.39 is 0 Å². The van der Waals surface area contributed by atoms with Crippen molar-refractivity contribution in [3.63, 3.8) is 0 Å². The first-order chi connectivity index (χ1) is 6.75. The number of nitrogens with two attached hydrogens (primary N) is 1. The van der Waals surface area contributed by atoms with Crippen LogP contribution in [0.5, 0.6) is 0 Å². The molecule has 0 saturated heterocycles. The van der Waals surface area contributed by atoms with Gasteiger partial charge in [-0.25, -0.2) is 0 Å². The van der Waals surface area contributed by atoms with Crippen LogP contribution in [-0.2, 0) is 9.53 Å². The Morgan fingerprint density at radius 2 is 2.36 bits per heavy atom. The summed E-state index contributed by atoms with van der Waals surface area (Å²) < 4.78 is 4.89. The van der Waals surface area contributed by atoms with Gasteiger partial charge in [-0.05, 0) is 19.3 Å². The molecule has 14 heavy (non-hydrogen) atoms. The molecular weight excluding hydrogens is 180 g/mol. The average molecular weight is 200 g/mol. The van der Waals surface area contributed by atoms with E-state index >= 15 is 0 Å². The summed E-state index contributed by atoms with van der Waals surface area (Å²) in [5, 5.41) is 2.89. The SMILES string of the molecule is COCCCNC(=O)C1CCCC1N. The molecule has 4 heteroatoms. The highest BCUT2D eigenvalue weighted by Gasteiger charge is 2.29. The smallest absolute Gasteiger partial charge is 0.224 e. The van der Waals surface area contributed by atoms with Crippen LogP contribution < -0.4 is 11.1 Å². The largest absolute Gasteiger partial charge is 0.385 e. The highest BCUT2D eigenvalue weighted by Crippen LogP contribution is 2.23. The number of methoxy groups -OCH3 is 1. The highest BCUT2D eigenvalue weighted by atomic mass is 16.5. The van der Waals surface area contributed by atoms with Crippen LogP contribution >= 0.6 is 0 Å². The van der Waals surface area contributed by atoms with Crippen molar-refractivity contribution >= 4 is 5.91 Å². The van der Waals surface area contributed by atoms with Crippen LogP contribution in [0, 0.1) is 5.92 Å². The highest BCUT2D eigenvalue weighted by molar-refractivity contribution is 5.79. The zero-order chi connectivity index (χ0) is 10.4. The van der Waals surface area contributed by atoms with Gasteiger partial charge in [0.25, 0.3) is 0 Å². The van der Waals surface area contributed by atoms with Gasteiger partial charge in [0.05, 0.1) is 5.92 Å². The van der Waals surface area contributed by atoms with Gasteiger partial charge >= 0.3 is 0 Å². The third-order valence-electron chi connectivity index (χ3n) is 2.73. The number of nitrogens with one attached hydrogen (secondary N) is 1. The van der Waals surface area contributed by atoms with E-state index in [0.29, 0.717) is 13.2 Å². The fourth-order valence-electron chi connectivity index (χ4n) is 1.87. The second kappa shape index (κ2) is 5.98. The van der Waals surface area contributed by atoms with Crippen LogP contribution in [0.3, 0.4) is 0 Å². The zero-order valence-electron chi connectivity index (χ0n) is 8.79. The predicted molar refractivity (Wildman–Crippen MR) is 54.8 cm³/mol. The summed E-state index contributed by atoms with van der Waals surface area (Å²) in [5.74, 6) is 0.156. The summed E-state index contributed by atoms with van der Waals surface area (Å²) in [5.41, 5.74) is 5.82. The lowest BCUT2D eigenvalue weighted by molar-refractivity contribution is -0.125. The van der Waals surface area contributed by atoms with Gasteiger partial charge in [0.2, 0.25) is 5.91 Å². The molecule has 0 aromatic rings. The third kappa shape index (κ3) is 3.27. The Labute approximate surface area is 85.2 Å². The minimum absolute atomic E-state index is 0.0394. The van der Waals surface area contributed by atoms with E-state index in [4.69, 9.17) is 10.5 Å². The number of carbonyl (C=O) groups is 1. The summed E-state index contributed by atoms with van der Waals surface area (Å²) >= 11 is 0. The van der Waals surface area contributed by atoms with Gasteiger partial charge < -0.3 is 15.8 Å². The lowest BCUT2D eigenvalue weighted by Gasteiger charge is -2.14. The first-order valence-electron chi connectivity index (χ1n) is 5.28. The van der Waals surface area contributed by atoms with Crippen molar-refractivity contribution in [3.8, 4) is 0 Å². The van der Waals surface area contributed by atoms with Crippen molar-refractivity contribution in [3.05, 3.63) is 0 Å². The topological polar surface area (TPSA) is 64.3 Å². The zero-order valence-corrected chi connectivity index (χ0v) is 8.79. The van der Waals surface area contributed by atoms with Gasteiger partial charge in [-0.1, -0.05) is 6.42 Å². The maximum absolute atomic E-state index is 11.6. The average Bonchev–Trinajstić information content (AvgIpc) is 2.59. The lowest BCUT2D eigenvalue weighted by Crippen LogP contribution is -2.39. The van der Waals surface area contributed by atoms with E-state index in [-0.39, 0.29) is 17.9 Å². The van der Waals surface area contributed by atoms with Crippen molar-refractivity contribution in [2.75, 3.05) is 20.3 Å². The second-order valence-electron chi connectivity index (χ2n) is 3.84. The number of amides is 1. The quantitative estimate of drug-likeness (QED) is 0.626. The third-order valence-corrected chi connectivity index (χ3v) is 2.73. The van der Waals surface area contributed by atoms with Crippen molar-refractivity contribution in [1.82, 2.24) is 5.32 Å². The number of hydrogen-bond acceptors (Lipinski definition) is 3. The molecule has 82 valence electrons. The number of hydrogen-bond donors (Lipinski definition) is 2. The molecule has 1 saturated carbocycles. The van der Waals surface area contributed by atoms with E-state index in [9.17, 15) is 4.79 Å². The Bertz CT molecular complexity index is 185. The van der Waals surface area contributed by atoms with Gasteiger partial charge in [0, 0.05) is 26.3 Å². The van der Waals surface area contributed by atoms with Gasteiger partial charge in [-0.2, -0.15) is 0 Å². The molecular formula is C10H20N2O2. The molecule has 0 radical (unpaired) electrons. The van der Waals surface area contributed by atoms with Crippen LogP contribution in [0.1, 0.15) is 25.7 Å². The van der Waals surface area contributed by atoms with Gasteiger partial charge in [0.1, 0.15) is 0 Å². The van der Waals surface area contributed by atoms with Crippen LogP contribution in [0.2, 0.25) is 0 Å². The number of carbonyl (C=O) groups excluding carboxylic acids is 1. The maximum atomic E-state index is 11.6. The van der Waals surface area contributed by atoms with Crippen LogP contribution in [0.15, 0.2) is 0 Å². The summed E-state index contributed by atoms with van der Waals surface area (Å²) in [6, 6.07) is 0.0671. The maximum Gasteiger partial charge on any atom is 0.224 e. The molecule has 0 aromatic heterocycles. The van der Waals surface area contributed by atoms with Gasteiger partial charge in [-0.3, -0.25) is 4.79 Å². The molecule has 0 aliphatic heterocycles. The normalized spacial score (nSPS) is 26.4. The monoisotopic (exact) mass is 200 g/mol. The molecule has 0 spiro atoms. The molecule has 2 unspecified atom stereocenters. The van der Waals surface area contributed by atoms with E-state index in [2.05, 4.69) is 5.32 Å². The van der Waals surface area contributed by atoms with Crippen LogP contribution in [-0.4, -0.2) is 32.2 Å². The van der Waals surface area contributed by atoms with E-state index in [1.165, 1.54) is 0 Å². The molecule has 0 heterocycles. The summed E-state index contributed by atoms with van der Waals surface area (Å²) in [7, 11) is 1.66. The molecule has 3 N–H and O–H groups in total. The Hall–Kier alpha value is -0.610. The molecule has 1 aliphatic rings. The summed E-state index contributed by atoms with van der Waals surface area (Å²) in [6.45, 7) is 1.38. The van der Waals surface area contributed by atoms with E-state index in [0.717, 1.165) is 25.7 Å². The Morgan fingerprint density at radius 1 is 1.57 bits per heavy atom. The number of rotatable bonds is 5. The molecule has 1 amide bonds. The number of ether oxygens (including phenoxy) is 1. The van der Waals surface area contributed by atoms with Crippen LogP contribution in [0.25, 0.3) is 0 Å². The molecule has 1 fully saturated rings. The van der Waals surface area contributed by atoms with Crippen molar-refractivity contribution in [2.24, 2.45) is 11.7 Å².